The predicted octanol–water partition coefficient (Wildman–Crippen LogP) is 3.18. The lowest BCUT2D eigenvalue weighted by molar-refractivity contribution is 0.287. The zero-order chi connectivity index (χ0) is 19.5. The molecule has 0 bridgehead atoms. The van der Waals surface area contributed by atoms with E-state index in [4.69, 9.17) is 16.4 Å². The van der Waals surface area contributed by atoms with Crippen LogP contribution in [0.3, 0.4) is 0 Å². The molecular weight excluding hydrogens is 366 g/mol. The highest BCUT2D eigenvalue weighted by molar-refractivity contribution is 7.17. The molecule has 2 aromatic heterocycles. The zero-order valence-electron chi connectivity index (χ0n) is 16.4. The van der Waals surface area contributed by atoms with Crippen molar-refractivity contribution < 1.29 is 0 Å². The van der Waals surface area contributed by atoms with Crippen LogP contribution in [-0.2, 0) is 6.54 Å². The van der Waals surface area contributed by atoms with Crippen LogP contribution in [0.4, 0.5) is 5.82 Å². The summed E-state index contributed by atoms with van der Waals surface area (Å²) in [5.41, 5.74) is 2.43. The summed E-state index contributed by atoms with van der Waals surface area (Å²) < 4.78 is 0. The van der Waals surface area contributed by atoms with Gasteiger partial charge in [0.25, 0.3) is 0 Å². The fraction of sp³-hybridized carbons (Fsp3) is 0.364. The highest BCUT2D eigenvalue weighted by atomic mass is 32.1. The summed E-state index contributed by atoms with van der Waals surface area (Å²) in [6.45, 7) is 5.23. The quantitative estimate of drug-likeness (QED) is 0.624. The van der Waals surface area contributed by atoms with Crippen molar-refractivity contribution in [3.8, 4) is 23.5 Å². The van der Waals surface area contributed by atoms with Crippen molar-refractivity contribution in [1.29, 1.82) is 0 Å². The first-order chi connectivity index (χ1) is 13.7. The van der Waals surface area contributed by atoms with Crippen LogP contribution >= 0.6 is 11.3 Å². The van der Waals surface area contributed by atoms with E-state index in [1.807, 2.05) is 0 Å². The summed E-state index contributed by atoms with van der Waals surface area (Å²) in [4.78, 5) is 17.8. The molecule has 28 heavy (non-hydrogen) atoms. The lowest BCUT2D eigenvalue weighted by Crippen LogP contribution is -2.46. The van der Waals surface area contributed by atoms with Crippen LogP contribution in [0.25, 0.3) is 21.3 Å². The first-order valence-corrected chi connectivity index (χ1v) is 10.4. The summed E-state index contributed by atoms with van der Waals surface area (Å²) in [6.07, 6.45) is 5.49. The Morgan fingerprint density at radius 2 is 1.86 bits per heavy atom. The number of terminal acetylenes is 1. The molecule has 0 unspecified atom stereocenters. The molecule has 4 rings (SSSR count). The topological polar surface area (TPSA) is 35.5 Å². The maximum atomic E-state index is 5.49. The molecule has 5 nitrogen and oxygen atoms in total. The Labute approximate surface area is 170 Å². The molecule has 1 aliphatic heterocycles. The predicted molar refractivity (Wildman–Crippen MR) is 118 cm³/mol. The van der Waals surface area contributed by atoms with Gasteiger partial charge in [-0.2, -0.15) is 0 Å². The number of hydrogen-bond donors (Lipinski definition) is 0. The summed E-state index contributed by atoms with van der Waals surface area (Å²) in [5, 5.41) is 3.38. The van der Waals surface area contributed by atoms with E-state index in [2.05, 4.69) is 70.4 Å². The third kappa shape index (κ3) is 3.88. The SMILES string of the molecule is C#CCN1CCN(c2nc(CN(C)C)nc3scc(-c4ccccc4)c23)CC1. The van der Waals surface area contributed by atoms with Gasteiger partial charge in [0.05, 0.1) is 18.5 Å². The highest BCUT2D eigenvalue weighted by Gasteiger charge is 2.23. The van der Waals surface area contributed by atoms with Gasteiger partial charge >= 0.3 is 0 Å². The summed E-state index contributed by atoms with van der Waals surface area (Å²) in [5.74, 6) is 4.69. The van der Waals surface area contributed by atoms with Gasteiger partial charge in [-0.3, -0.25) is 4.90 Å². The molecule has 0 radical (unpaired) electrons. The third-order valence-corrected chi connectivity index (χ3v) is 5.86. The number of benzene rings is 1. The number of fused-ring (bicyclic) bond motifs is 1. The van der Waals surface area contributed by atoms with Gasteiger partial charge in [0.1, 0.15) is 16.5 Å². The number of thiophene rings is 1. The molecule has 6 heteroatoms. The van der Waals surface area contributed by atoms with Gasteiger partial charge in [-0.1, -0.05) is 36.3 Å². The largest absolute Gasteiger partial charge is 0.353 e. The molecule has 0 spiro atoms. The molecule has 0 atom stereocenters. The first-order valence-electron chi connectivity index (χ1n) is 9.54. The van der Waals surface area contributed by atoms with E-state index in [0.29, 0.717) is 6.54 Å². The molecule has 0 amide bonds. The van der Waals surface area contributed by atoms with Crippen LogP contribution in [0, 0.1) is 12.3 Å². The minimum absolute atomic E-state index is 0.715. The van der Waals surface area contributed by atoms with Crippen LogP contribution < -0.4 is 4.90 Å². The van der Waals surface area contributed by atoms with Crippen molar-refractivity contribution in [3.05, 3.63) is 41.5 Å². The fourth-order valence-corrected chi connectivity index (χ4v) is 4.59. The minimum Gasteiger partial charge on any atom is -0.353 e. The van der Waals surface area contributed by atoms with Crippen molar-refractivity contribution in [2.75, 3.05) is 51.7 Å². The Morgan fingerprint density at radius 1 is 1.11 bits per heavy atom. The number of nitrogens with zero attached hydrogens (tertiary/aromatic N) is 5. The second-order valence-electron chi connectivity index (χ2n) is 7.36. The maximum absolute atomic E-state index is 5.49. The fourth-order valence-electron chi connectivity index (χ4n) is 3.63. The Hall–Kier alpha value is -2.46. The van der Waals surface area contributed by atoms with Crippen molar-refractivity contribution in [2.45, 2.75) is 6.54 Å². The van der Waals surface area contributed by atoms with Gasteiger partial charge in [0.15, 0.2) is 0 Å². The Kier molecular flexibility index (Phi) is 5.58. The number of aromatic nitrogens is 2. The molecular formula is C22H25N5S. The van der Waals surface area contributed by atoms with Crippen molar-refractivity contribution >= 4 is 27.4 Å². The second-order valence-corrected chi connectivity index (χ2v) is 8.22. The van der Waals surface area contributed by atoms with Crippen molar-refractivity contribution in [1.82, 2.24) is 19.8 Å². The lowest BCUT2D eigenvalue weighted by atomic mass is 10.1. The molecule has 3 aromatic rings. The van der Waals surface area contributed by atoms with Gasteiger partial charge in [-0.15, -0.1) is 17.8 Å². The van der Waals surface area contributed by atoms with E-state index < -0.39 is 0 Å². The van der Waals surface area contributed by atoms with E-state index in [-0.39, 0.29) is 0 Å². The smallest absolute Gasteiger partial charge is 0.146 e. The van der Waals surface area contributed by atoms with Crippen LogP contribution in [0.1, 0.15) is 5.82 Å². The van der Waals surface area contributed by atoms with Crippen molar-refractivity contribution in [2.24, 2.45) is 0 Å². The molecule has 1 aliphatic rings. The van der Waals surface area contributed by atoms with Crippen molar-refractivity contribution in [3.63, 3.8) is 0 Å². The molecule has 1 fully saturated rings. The van der Waals surface area contributed by atoms with Crippen LogP contribution in [0.5, 0.6) is 0 Å². The summed E-state index contributed by atoms with van der Waals surface area (Å²) >= 11 is 1.70. The molecule has 0 aliphatic carbocycles. The molecule has 144 valence electrons. The van der Waals surface area contributed by atoms with Gasteiger partial charge in [0.2, 0.25) is 0 Å². The van der Waals surface area contributed by atoms with E-state index in [0.717, 1.165) is 49.2 Å². The van der Waals surface area contributed by atoms with Gasteiger partial charge in [-0.25, -0.2) is 9.97 Å². The molecule has 1 saturated heterocycles. The van der Waals surface area contributed by atoms with Gasteiger partial charge in [0, 0.05) is 37.1 Å². The monoisotopic (exact) mass is 391 g/mol. The maximum Gasteiger partial charge on any atom is 0.146 e. The average molecular weight is 392 g/mol. The van der Waals surface area contributed by atoms with Gasteiger partial charge < -0.3 is 9.80 Å². The molecule has 3 heterocycles. The van der Waals surface area contributed by atoms with Crippen LogP contribution in [0.2, 0.25) is 0 Å². The number of anilines is 1. The normalized spacial score (nSPS) is 15.3. The minimum atomic E-state index is 0.715. The summed E-state index contributed by atoms with van der Waals surface area (Å²) in [7, 11) is 4.10. The van der Waals surface area contributed by atoms with Crippen LogP contribution in [-0.4, -0.2) is 66.6 Å². The van der Waals surface area contributed by atoms with Gasteiger partial charge in [-0.05, 0) is 19.7 Å². The number of hydrogen-bond acceptors (Lipinski definition) is 6. The number of piperazine rings is 1. The summed E-state index contributed by atoms with van der Waals surface area (Å²) in [6, 6.07) is 10.5. The standard InChI is InChI=1S/C22H25N5S/c1-4-10-26-11-13-27(14-12-26)21-20-18(17-8-6-5-7-9-17)16-28-22(20)24-19(23-21)15-25(2)3/h1,5-9,16H,10-15H2,2-3H3. The number of rotatable bonds is 5. The third-order valence-electron chi connectivity index (χ3n) is 4.99. The Bertz CT molecular complexity index is 981. The molecule has 0 N–H and O–H groups in total. The van der Waals surface area contributed by atoms with E-state index >= 15 is 0 Å². The van der Waals surface area contributed by atoms with E-state index in [1.165, 1.54) is 16.5 Å². The Balaban J connectivity index is 1.78. The molecule has 1 aromatic carbocycles. The second kappa shape index (κ2) is 8.27. The van der Waals surface area contributed by atoms with E-state index in [9.17, 15) is 0 Å². The molecule has 0 saturated carbocycles. The average Bonchev–Trinajstić information content (AvgIpc) is 3.12. The highest BCUT2D eigenvalue weighted by Crippen LogP contribution is 2.38. The van der Waals surface area contributed by atoms with E-state index in [1.54, 1.807) is 11.3 Å². The zero-order valence-corrected chi connectivity index (χ0v) is 17.2. The van der Waals surface area contributed by atoms with Crippen LogP contribution in [0.15, 0.2) is 35.7 Å². The Morgan fingerprint density at radius 3 is 2.54 bits per heavy atom. The lowest BCUT2D eigenvalue weighted by Gasteiger charge is -2.35. The first kappa shape index (κ1) is 18.9.